The summed E-state index contributed by atoms with van der Waals surface area (Å²) in [7, 11) is 0. The van der Waals surface area contributed by atoms with E-state index in [0.29, 0.717) is 18.8 Å². The third-order valence-electron chi connectivity index (χ3n) is 4.63. The highest BCUT2D eigenvalue weighted by Gasteiger charge is 2.15. The number of hydrogen-bond acceptors (Lipinski definition) is 4. The Morgan fingerprint density at radius 1 is 1.00 bits per heavy atom. The number of carbonyl (C=O) groups excluding carboxylic acids is 1. The lowest BCUT2D eigenvalue weighted by Crippen LogP contribution is -2.07. The summed E-state index contributed by atoms with van der Waals surface area (Å²) in [5, 5.41) is 9.05. The highest BCUT2D eigenvalue weighted by Crippen LogP contribution is 2.23. The van der Waals surface area contributed by atoms with Crippen LogP contribution in [-0.2, 0) is 6.61 Å². The molecule has 0 saturated heterocycles. The van der Waals surface area contributed by atoms with Gasteiger partial charge in [-0.3, -0.25) is 4.79 Å². The molecule has 0 aliphatic rings. The van der Waals surface area contributed by atoms with Gasteiger partial charge in [0.15, 0.2) is 5.78 Å². The Morgan fingerprint density at radius 3 is 2.39 bits per heavy atom. The molecule has 0 heterocycles. The van der Waals surface area contributed by atoms with E-state index >= 15 is 0 Å². The van der Waals surface area contributed by atoms with Crippen molar-refractivity contribution in [3.8, 4) is 17.6 Å². The third-order valence-corrected chi connectivity index (χ3v) is 4.63. The van der Waals surface area contributed by atoms with Crippen LogP contribution in [0.2, 0.25) is 0 Å². The molecule has 4 nitrogen and oxygen atoms in total. The third kappa shape index (κ3) is 7.08. The monoisotopic (exact) mass is 379 g/mol. The van der Waals surface area contributed by atoms with Crippen LogP contribution in [0.15, 0.2) is 48.5 Å². The second-order valence-corrected chi connectivity index (χ2v) is 7.63. The summed E-state index contributed by atoms with van der Waals surface area (Å²) < 4.78 is 11.8. The molecule has 4 heteroatoms. The number of unbranched alkanes of at least 4 members (excludes halogenated alkanes) is 2. The molecule has 0 bridgehead atoms. The van der Waals surface area contributed by atoms with Gasteiger partial charge < -0.3 is 9.47 Å². The topological polar surface area (TPSA) is 59.3 Å². The molecule has 2 rings (SSSR count). The van der Waals surface area contributed by atoms with Crippen LogP contribution in [0.5, 0.6) is 11.5 Å². The summed E-state index contributed by atoms with van der Waals surface area (Å²) in [6.07, 6.45) is 3.96. The number of nitriles is 1. The smallest absolute Gasteiger partial charge is 0.159 e. The van der Waals surface area contributed by atoms with Crippen molar-refractivity contribution in [3.05, 3.63) is 59.7 Å². The van der Waals surface area contributed by atoms with E-state index in [-0.39, 0.29) is 11.2 Å². The van der Waals surface area contributed by atoms with Crippen LogP contribution in [0.1, 0.15) is 62.4 Å². The van der Waals surface area contributed by atoms with Crippen molar-refractivity contribution < 1.29 is 14.3 Å². The van der Waals surface area contributed by atoms with Crippen molar-refractivity contribution >= 4 is 5.78 Å². The lowest BCUT2D eigenvalue weighted by Gasteiger charge is -2.15. The molecule has 2 aromatic rings. The van der Waals surface area contributed by atoms with E-state index in [1.807, 2.05) is 50.2 Å². The predicted molar refractivity (Wildman–Crippen MR) is 111 cm³/mol. The first kappa shape index (κ1) is 21.5. The fourth-order valence-electron chi connectivity index (χ4n) is 2.79. The van der Waals surface area contributed by atoms with Gasteiger partial charge in [0.05, 0.1) is 18.1 Å². The van der Waals surface area contributed by atoms with Crippen molar-refractivity contribution in [2.75, 3.05) is 6.61 Å². The van der Waals surface area contributed by atoms with Crippen LogP contribution in [0.4, 0.5) is 0 Å². The van der Waals surface area contributed by atoms with Gasteiger partial charge in [0.1, 0.15) is 18.1 Å². The number of Topliss-reactive ketones (excluding diaryl/α,β-unsaturated/α-hetero) is 1. The van der Waals surface area contributed by atoms with Crippen LogP contribution in [-0.4, -0.2) is 12.4 Å². The van der Waals surface area contributed by atoms with Crippen molar-refractivity contribution in [2.45, 2.75) is 53.1 Å². The Labute approximate surface area is 168 Å². The van der Waals surface area contributed by atoms with Crippen molar-refractivity contribution in [2.24, 2.45) is 5.41 Å². The average molecular weight is 380 g/mol. The van der Waals surface area contributed by atoms with E-state index < -0.39 is 0 Å². The van der Waals surface area contributed by atoms with E-state index in [0.717, 1.165) is 42.7 Å². The average Bonchev–Trinajstić information content (AvgIpc) is 2.70. The molecular weight excluding hydrogens is 350 g/mol. The summed E-state index contributed by atoms with van der Waals surface area (Å²) in [5.41, 5.74) is 1.42. The summed E-state index contributed by atoms with van der Waals surface area (Å²) in [5.74, 6) is 1.60. The molecule has 0 aliphatic heterocycles. The van der Waals surface area contributed by atoms with Gasteiger partial charge in [-0.05, 0) is 63.9 Å². The molecule has 0 fully saturated rings. The largest absolute Gasteiger partial charge is 0.493 e. The number of para-hydroxylation sites is 1. The Kier molecular flexibility index (Phi) is 8.07. The van der Waals surface area contributed by atoms with Gasteiger partial charge in [-0.2, -0.15) is 5.26 Å². The second kappa shape index (κ2) is 10.5. The lowest BCUT2D eigenvalue weighted by molar-refractivity contribution is 0.101. The van der Waals surface area contributed by atoms with E-state index in [9.17, 15) is 4.79 Å². The minimum absolute atomic E-state index is 0.0430. The predicted octanol–water partition coefficient (Wildman–Crippen LogP) is 5.96. The number of benzene rings is 2. The molecule has 0 radical (unpaired) electrons. The zero-order chi connectivity index (χ0) is 20.4. The normalized spacial score (nSPS) is 10.9. The zero-order valence-corrected chi connectivity index (χ0v) is 17.0. The molecule has 0 aliphatic carbocycles. The van der Waals surface area contributed by atoms with Crippen LogP contribution in [0.25, 0.3) is 0 Å². The maximum absolute atomic E-state index is 11.3. The maximum Gasteiger partial charge on any atom is 0.159 e. The number of nitrogens with zero attached hydrogens (tertiary/aromatic N) is 1. The molecule has 0 N–H and O–H groups in total. The molecule has 0 saturated carbocycles. The Balaban J connectivity index is 1.79. The van der Waals surface area contributed by atoms with Crippen molar-refractivity contribution in [1.82, 2.24) is 0 Å². The highest BCUT2D eigenvalue weighted by molar-refractivity contribution is 5.94. The van der Waals surface area contributed by atoms with Gasteiger partial charge in [-0.25, -0.2) is 0 Å². The second-order valence-electron chi connectivity index (χ2n) is 7.63. The van der Waals surface area contributed by atoms with Gasteiger partial charge >= 0.3 is 0 Å². The van der Waals surface area contributed by atoms with E-state index in [1.54, 1.807) is 19.1 Å². The molecule has 0 amide bonds. The van der Waals surface area contributed by atoms with Gasteiger partial charge in [0.25, 0.3) is 0 Å². The number of hydrogen-bond donors (Lipinski definition) is 0. The fourth-order valence-corrected chi connectivity index (χ4v) is 2.79. The van der Waals surface area contributed by atoms with Gasteiger partial charge in [-0.15, -0.1) is 0 Å². The van der Waals surface area contributed by atoms with Crippen LogP contribution in [0.3, 0.4) is 0 Å². The first-order chi connectivity index (χ1) is 13.4. The molecule has 148 valence electrons. The maximum atomic E-state index is 11.3. The van der Waals surface area contributed by atoms with E-state index in [1.165, 1.54) is 0 Å². The summed E-state index contributed by atoms with van der Waals surface area (Å²) in [6.45, 7) is 6.57. The first-order valence-electron chi connectivity index (χ1n) is 9.77. The van der Waals surface area contributed by atoms with Gasteiger partial charge in [0, 0.05) is 11.1 Å². The quantitative estimate of drug-likeness (QED) is 0.357. The number of rotatable bonds is 11. The number of ether oxygens (including phenoxy) is 2. The first-order valence-corrected chi connectivity index (χ1v) is 9.77. The summed E-state index contributed by atoms with van der Waals surface area (Å²) in [4.78, 5) is 11.3. The Hall–Kier alpha value is -2.80. The number of carbonyl (C=O) groups is 1. The van der Waals surface area contributed by atoms with Crippen molar-refractivity contribution in [3.63, 3.8) is 0 Å². The Morgan fingerprint density at radius 2 is 1.71 bits per heavy atom. The SMILES string of the molecule is CC(=O)c1ccc(OCc2ccccc2OCCCCCC(C)(C)C#N)cc1. The molecule has 0 atom stereocenters. The molecule has 0 aromatic heterocycles. The van der Waals surface area contributed by atoms with Crippen LogP contribution >= 0.6 is 0 Å². The molecule has 28 heavy (non-hydrogen) atoms. The number of ketones is 1. The molecule has 0 spiro atoms. The minimum Gasteiger partial charge on any atom is -0.493 e. The van der Waals surface area contributed by atoms with Crippen LogP contribution < -0.4 is 9.47 Å². The molecule has 0 unspecified atom stereocenters. The lowest BCUT2D eigenvalue weighted by atomic mass is 9.89. The van der Waals surface area contributed by atoms with E-state index in [2.05, 4.69) is 6.07 Å². The van der Waals surface area contributed by atoms with Crippen molar-refractivity contribution in [1.29, 1.82) is 5.26 Å². The summed E-state index contributed by atoms with van der Waals surface area (Å²) in [6, 6.07) is 17.4. The Bertz CT molecular complexity index is 803. The molecule has 2 aromatic carbocycles. The van der Waals surface area contributed by atoms with Gasteiger partial charge in [-0.1, -0.05) is 31.0 Å². The molecular formula is C24H29NO3. The zero-order valence-electron chi connectivity index (χ0n) is 17.0. The standard InChI is InChI=1S/C24H29NO3/c1-19(26)20-11-13-22(14-12-20)28-17-21-9-5-6-10-23(21)27-16-8-4-7-15-24(2,3)18-25/h5-6,9-14H,4,7-8,15-17H2,1-3H3. The minimum atomic E-state index is -0.243. The van der Waals surface area contributed by atoms with Gasteiger partial charge in [0.2, 0.25) is 0 Å². The summed E-state index contributed by atoms with van der Waals surface area (Å²) >= 11 is 0. The highest BCUT2D eigenvalue weighted by atomic mass is 16.5. The fraction of sp³-hybridized carbons (Fsp3) is 0.417. The van der Waals surface area contributed by atoms with Crippen LogP contribution in [0, 0.1) is 16.7 Å². The van der Waals surface area contributed by atoms with E-state index in [4.69, 9.17) is 14.7 Å².